The smallest absolute Gasteiger partial charge is 0.0414 e. The molecule has 2 atom stereocenters. The van der Waals surface area contributed by atoms with E-state index in [1.54, 1.807) is 0 Å². The summed E-state index contributed by atoms with van der Waals surface area (Å²) in [6.45, 7) is 2.32. The van der Waals surface area contributed by atoms with Crippen LogP contribution in [0.5, 0.6) is 0 Å². The van der Waals surface area contributed by atoms with Gasteiger partial charge in [-0.05, 0) is 56.1 Å². The van der Waals surface area contributed by atoms with Gasteiger partial charge in [0.05, 0.1) is 0 Å². The lowest BCUT2D eigenvalue weighted by Crippen LogP contribution is -2.47. The number of benzene rings is 1. The number of fused-ring (bicyclic) bond motifs is 1. The van der Waals surface area contributed by atoms with Crippen LogP contribution in [0.2, 0.25) is 0 Å². The quantitative estimate of drug-likeness (QED) is 0.895. The lowest BCUT2D eigenvalue weighted by atomic mass is 9.78. The van der Waals surface area contributed by atoms with Crippen molar-refractivity contribution in [3.8, 4) is 0 Å². The second-order valence-electron chi connectivity index (χ2n) is 7.23. The monoisotopic (exact) mass is 284 g/mol. The molecule has 2 heteroatoms. The van der Waals surface area contributed by atoms with Gasteiger partial charge < -0.3 is 10.2 Å². The Kier molecular flexibility index (Phi) is 3.89. The molecular formula is C19H28N2. The Morgan fingerprint density at radius 1 is 0.952 bits per heavy atom. The summed E-state index contributed by atoms with van der Waals surface area (Å²) < 4.78 is 0. The first kappa shape index (κ1) is 13.6. The van der Waals surface area contributed by atoms with E-state index in [0.29, 0.717) is 0 Å². The summed E-state index contributed by atoms with van der Waals surface area (Å²) in [5.41, 5.74) is 3.03. The lowest BCUT2D eigenvalue weighted by Gasteiger charge is -2.46. The van der Waals surface area contributed by atoms with E-state index in [9.17, 15) is 0 Å². The number of anilines is 1. The highest BCUT2D eigenvalue weighted by Gasteiger charge is 2.34. The molecule has 1 aliphatic heterocycles. The summed E-state index contributed by atoms with van der Waals surface area (Å²) >= 11 is 0. The molecule has 4 rings (SSSR count). The van der Waals surface area contributed by atoms with Gasteiger partial charge in [-0.3, -0.25) is 0 Å². The van der Waals surface area contributed by atoms with Crippen molar-refractivity contribution in [1.29, 1.82) is 0 Å². The summed E-state index contributed by atoms with van der Waals surface area (Å²) in [5.74, 6) is 0.956. The van der Waals surface area contributed by atoms with Gasteiger partial charge in [0.15, 0.2) is 0 Å². The summed E-state index contributed by atoms with van der Waals surface area (Å²) in [4.78, 5) is 2.76. The minimum absolute atomic E-state index is 0.793. The predicted molar refractivity (Wildman–Crippen MR) is 88.6 cm³/mol. The molecular weight excluding hydrogens is 256 g/mol. The van der Waals surface area contributed by atoms with Crippen LogP contribution in [-0.4, -0.2) is 18.6 Å². The van der Waals surface area contributed by atoms with E-state index < -0.39 is 0 Å². The van der Waals surface area contributed by atoms with E-state index in [1.807, 2.05) is 0 Å². The first-order valence-electron chi connectivity index (χ1n) is 9.00. The Morgan fingerprint density at radius 2 is 1.76 bits per heavy atom. The molecule has 2 nitrogen and oxygen atoms in total. The molecule has 3 fully saturated rings. The molecule has 21 heavy (non-hydrogen) atoms. The molecule has 1 saturated heterocycles. The molecule has 3 aliphatic rings. The van der Waals surface area contributed by atoms with Crippen LogP contribution in [-0.2, 0) is 6.54 Å². The Hall–Kier alpha value is -1.02. The number of piperidine rings is 1. The van der Waals surface area contributed by atoms with Gasteiger partial charge in [-0.25, -0.2) is 0 Å². The third kappa shape index (κ3) is 2.96. The van der Waals surface area contributed by atoms with Gasteiger partial charge in [0.2, 0.25) is 0 Å². The molecule has 2 saturated carbocycles. The number of para-hydroxylation sites is 1. The maximum absolute atomic E-state index is 3.70. The number of hydrogen-bond donors (Lipinski definition) is 1. The van der Waals surface area contributed by atoms with Gasteiger partial charge in [-0.2, -0.15) is 0 Å². The molecule has 0 bridgehead atoms. The predicted octanol–water partition coefficient (Wildman–Crippen LogP) is 4.10. The van der Waals surface area contributed by atoms with E-state index >= 15 is 0 Å². The van der Waals surface area contributed by atoms with E-state index in [2.05, 4.69) is 34.5 Å². The average Bonchev–Trinajstić information content (AvgIpc) is 3.37. The van der Waals surface area contributed by atoms with Crippen molar-refractivity contribution in [2.45, 2.75) is 70.0 Å². The van der Waals surface area contributed by atoms with Crippen molar-refractivity contribution < 1.29 is 0 Å². The van der Waals surface area contributed by atoms with Gasteiger partial charge in [0, 0.05) is 30.9 Å². The van der Waals surface area contributed by atoms with Crippen molar-refractivity contribution >= 4 is 5.69 Å². The van der Waals surface area contributed by atoms with Crippen LogP contribution < -0.4 is 10.2 Å². The highest BCUT2D eigenvalue weighted by Crippen LogP contribution is 2.38. The molecule has 1 N–H and O–H groups in total. The van der Waals surface area contributed by atoms with Crippen LogP contribution in [0.3, 0.4) is 0 Å². The van der Waals surface area contributed by atoms with Crippen LogP contribution in [0.4, 0.5) is 5.69 Å². The maximum Gasteiger partial charge on any atom is 0.0414 e. The molecule has 0 radical (unpaired) electrons. The van der Waals surface area contributed by atoms with Gasteiger partial charge in [-0.1, -0.05) is 31.0 Å². The second kappa shape index (κ2) is 6.00. The van der Waals surface area contributed by atoms with Gasteiger partial charge in [0.1, 0.15) is 0 Å². The molecule has 1 heterocycles. The Morgan fingerprint density at radius 3 is 2.67 bits per heavy atom. The first-order valence-corrected chi connectivity index (χ1v) is 9.00. The van der Waals surface area contributed by atoms with Crippen LogP contribution in [0.1, 0.15) is 56.9 Å². The van der Waals surface area contributed by atoms with E-state index in [-0.39, 0.29) is 0 Å². The van der Waals surface area contributed by atoms with Crippen molar-refractivity contribution in [2.75, 3.05) is 11.4 Å². The lowest BCUT2D eigenvalue weighted by molar-refractivity contribution is 0.243. The van der Waals surface area contributed by atoms with Crippen LogP contribution >= 0.6 is 0 Å². The second-order valence-corrected chi connectivity index (χ2v) is 7.23. The minimum atomic E-state index is 0.793. The molecule has 0 amide bonds. The molecule has 1 aromatic rings. The van der Waals surface area contributed by atoms with Gasteiger partial charge in [0.25, 0.3) is 0 Å². The molecule has 1 aromatic carbocycles. The normalized spacial score (nSPS) is 29.2. The Balaban J connectivity index is 1.55. The molecule has 114 valence electrons. The SMILES string of the molecule is c1ccc(N2CCC[C@H]3CCCC[C@H]32)c(CNC2CC2)c1. The summed E-state index contributed by atoms with van der Waals surface area (Å²) in [7, 11) is 0. The fraction of sp³-hybridized carbons (Fsp3) is 0.684. The van der Waals surface area contributed by atoms with Gasteiger partial charge in [-0.15, -0.1) is 0 Å². The van der Waals surface area contributed by atoms with Crippen molar-refractivity contribution in [3.63, 3.8) is 0 Å². The standard InChI is InChI=1S/C19H28N2/c1-3-9-18-15(6-1)8-5-13-21(18)19-10-4-2-7-16(19)14-20-17-11-12-17/h2,4,7,10,15,17-18,20H,1,3,5-6,8-9,11-14H2/t15-,18-/m1/s1. The molecule has 0 unspecified atom stereocenters. The summed E-state index contributed by atoms with van der Waals surface area (Å²) in [6, 6.07) is 10.7. The highest BCUT2D eigenvalue weighted by molar-refractivity contribution is 5.55. The summed E-state index contributed by atoms with van der Waals surface area (Å²) in [6.07, 6.45) is 11.3. The van der Waals surface area contributed by atoms with Crippen molar-refractivity contribution in [1.82, 2.24) is 5.32 Å². The van der Waals surface area contributed by atoms with Crippen molar-refractivity contribution in [2.24, 2.45) is 5.92 Å². The van der Waals surface area contributed by atoms with E-state index in [1.165, 1.54) is 69.2 Å². The zero-order chi connectivity index (χ0) is 14.1. The number of hydrogen-bond acceptors (Lipinski definition) is 2. The van der Waals surface area contributed by atoms with E-state index in [0.717, 1.165) is 24.5 Å². The molecule has 0 spiro atoms. The van der Waals surface area contributed by atoms with Gasteiger partial charge >= 0.3 is 0 Å². The van der Waals surface area contributed by atoms with Crippen LogP contribution in [0.15, 0.2) is 24.3 Å². The maximum atomic E-state index is 3.70. The zero-order valence-corrected chi connectivity index (χ0v) is 13.1. The molecule has 0 aromatic heterocycles. The molecule has 2 aliphatic carbocycles. The summed E-state index contributed by atoms with van der Waals surface area (Å²) in [5, 5.41) is 3.70. The van der Waals surface area contributed by atoms with Crippen LogP contribution in [0.25, 0.3) is 0 Å². The Labute approximate surface area is 128 Å². The largest absolute Gasteiger partial charge is 0.368 e. The third-order valence-corrected chi connectivity index (χ3v) is 5.70. The number of nitrogens with zero attached hydrogens (tertiary/aromatic N) is 1. The van der Waals surface area contributed by atoms with Crippen molar-refractivity contribution in [3.05, 3.63) is 29.8 Å². The number of rotatable bonds is 4. The third-order valence-electron chi connectivity index (χ3n) is 5.70. The highest BCUT2D eigenvalue weighted by atomic mass is 15.2. The first-order chi connectivity index (χ1) is 10.4. The topological polar surface area (TPSA) is 15.3 Å². The van der Waals surface area contributed by atoms with Crippen LogP contribution in [0, 0.1) is 5.92 Å². The average molecular weight is 284 g/mol. The fourth-order valence-electron chi connectivity index (χ4n) is 4.41. The van der Waals surface area contributed by atoms with E-state index in [4.69, 9.17) is 0 Å². The minimum Gasteiger partial charge on any atom is -0.368 e. The Bertz CT molecular complexity index is 478. The fourth-order valence-corrected chi connectivity index (χ4v) is 4.41. The number of nitrogens with one attached hydrogen (secondary N) is 1. The zero-order valence-electron chi connectivity index (χ0n) is 13.1.